The Bertz CT molecular complexity index is 611. The number of aryl methyl sites for hydroxylation is 1. The first kappa shape index (κ1) is 17.1. The van der Waals surface area contributed by atoms with E-state index in [4.69, 9.17) is 4.55 Å². The molecule has 0 aliphatic carbocycles. The first-order valence-corrected chi connectivity index (χ1v) is 9.01. The zero-order valence-electron chi connectivity index (χ0n) is 12.7. The van der Waals surface area contributed by atoms with Gasteiger partial charge in [-0.1, -0.05) is 44.2 Å². The van der Waals surface area contributed by atoms with E-state index in [-0.39, 0.29) is 5.04 Å². The lowest BCUT2D eigenvalue weighted by molar-refractivity contribution is 0.494. The second-order valence-electron chi connectivity index (χ2n) is 6.01. The van der Waals surface area contributed by atoms with Crippen LogP contribution in [0.2, 0.25) is 5.04 Å². The smallest absolute Gasteiger partial charge is 0.282 e. The highest BCUT2D eigenvalue weighted by Crippen LogP contribution is 2.22. The van der Waals surface area contributed by atoms with Crippen molar-refractivity contribution in [2.24, 2.45) is 0 Å². The Balaban J connectivity index is 3.13. The van der Waals surface area contributed by atoms with E-state index < -0.39 is 10.1 Å². The topological polar surface area (TPSA) is 54.4 Å². The minimum atomic E-state index is -4.04. The maximum absolute atomic E-state index is 10.7. The van der Waals surface area contributed by atoms with Gasteiger partial charge in [-0.25, -0.2) is 0 Å². The van der Waals surface area contributed by atoms with Crippen LogP contribution in [0.15, 0.2) is 23.6 Å². The summed E-state index contributed by atoms with van der Waals surface area (Å²) in [6.07, 6.45) is 2.01. The van der Waals surface area contributed by atoms with Gasteiger partial charge in [0.1, 0.15) is 0 Å². The van der Waals surface area contributed by atoms with Crippen LogP contribution in [0.1, 0.15) is 37.5 Å². The van der Waals surface area contributed by atoms with E-state index in [1.54, 1.807) is 0 Å². The number of benzene rings is 1. The third kappa shape index (κ3) is 5.61. The maximum atomic E-state index is 10.7. The van der Waals surface area contributed by atoms with E-state index in [1.807, 2.05) is 6.07 Å². The van der Waals surface area contributed by atoms with Gasteiger partial charge in [-0.3, -0.25) is 4.55 Å². The summed E-state index contributed by atoms with van der Waals surface area (Å²) in [6, 6.07) is 4.10. The van der Waals surface area contributed by atoms with E-state index in [0.717, 1.165) is 11.0 Å². The molecule has 0 fully saturated rings. The molecule has 1 aromatic rings. The number of rotatable bonds is 4. The third-order valence-corrected chi connectivity index (χ3v) is 5.16. The molecule has 5 heteroatoms. The van der Waals surface area contributed by atoms with Crippen LogP contribution in [0.25, 0.3) is 0 Å². The summed E-state index contributed by atoms with van der Waals surface area (Å²) in [4.78, 5) is 0. The molecule has 20 heavy (non-hydrogen) atoms. The van der Waals surface area contributed by atoms with Gasteiger partial charge in [-0.15, -0.1) is 0 Å². The summed E-state index contributed by atoms with van der Waals surface area (Å²) in [5, 5.41) is 2.35. The van der Waals surface area contributed by atoms with Crippen LogP contribution in [-0.4, -0.2) is 22.5 Å². The van der Waals surface area contributed by atoms with E-state index in [1.165, 1.54) is 22.4 Å². The fourth-order valence-corrected chi connectivity index (χ4v) is 3.71. The summed E-state index contributed by atoms with van der Waals surface area (Å²) in [5.41, 5.74) is 3.65. The summed E-state index contributed by atoms with van der Waals surface area (Å²) in [6.45, 7) is 10.8. The summed E-state index contributed by atoms with van der Waals surface area (Å²) >= 11 is 0. The molecule has 1 N–H and O–H groups in total. The van der Waals surface area contributed by atoms with Gasteiger partial charge in [0, 0.05) is 0 Å². The highest BCUT2D eigenvalue weighted by atomic mass is 32.2. The second-order valence-corrected chi connectivity index (χ2v) is 9.56. The Morgan fingerprint density at radius 2 is 1.85 bits per heavy atom. The van der Waals surface area contributed by atoms with Gasteiger partial charge in [0.25, 0.3) is 10.1 Å². The second kappa shape index (κ2) is 6.24. The van der Waals surface area contributed by atoms with Crippen molar-refractivity contribution in [1.29, 1.82) is 0 Å². The molecule has 0 atom stereocenters. The lowest BCUT2D eigenvalue weighted by Crippen LogP contribution is -2.29. The molecule has 0 aliphatic heterocycles. The Morgan fingerprint density at radius 1 is 1.25 bits per heavy atom. The molecule has 0 saturated carbocycles. The SMILES string of the molecule is Cc1ccc(CC=CS(=O)(=O)O)c([Si]C(C)(C)C)c1C. The molecule has 3 nitrogen and oxygen atoms in total. The molecule has 0 aliphatic rings. The first-order chi connectivity index (χ1) is 8.99. The van der Waals surface area contributed by atoms with Gasteiger partial charge >= 0.3 is 0 Å². The predicted octanol–water partition coefficient (Wildman–Crippen LogP) is 2.80. The minimum Gasteiger partial charge on any atom is -0.282 e. The fraction of sp³-hybridized carbons (Fsp3) is 0.467. The minimum absolute atomic E-state index is 0.195. The third-order valence-electron chi connectivity index (χ3n) is 2.93. The Kier molecular flexibility index (Phi) is 5.35. The fourth-order valence-electron chi connectivity index (χ4n) is 1.89. The van der Waals surface area contributed by atoms with Crippen molar-refractivity contribution >= 4 is 24.8 Å². The largest absolute Gasteiger partial charge is 0.287 e. The summed E-state index contributed by atoms with van der Waals surface area (Å²) < 4.78 is 30.2. The number of hydrogen-bond donors (Lipinski definition) is 1. The molecule has 110 valence electrons. The first-order valence-electron chi connectivity index (χ1n) is 6.51. The van der Waals surface area contributed by atoms with Crippen molar-refractivity contribution in [3.05, 3.63) is 40.3 Å². The van der Waals surface area contributed by atoms with Crippen molar-refractivity contribution < 1.29 is 13.0 Å². The van der Waals surface area contributed by atoms with Crippen LogP contribution in [-0.2, 0) is 16.5 Å². The van der Waals surface area contributed by atoms with E-state index in [2.05, 4.69) is 40.7 Å². The summed E-state index contributed by atoms with van der Waals surface area (Å²) in [5.74, 6) is 0. The van der Waals surface area contributed by atoms with Gasteiger partial charge in [-0.2, -0.15) is 8.42 Å². The van der Waals surface area contributed by atoms with Crippen molar-refractivity contribution in [3.63, 3.8) is 0 Å². The van der Waals surface area contributed by atoms with Gasteiger partial charge in [0.05, 0.1) is 14.9 Å². The molecule has 0 spiro atoms. The Hall–Kier alpha value is -0.913. The number of hydrogen-bond acceptors (Lipinski definition) is 2. The van der Waals surface area contributed by atoms with Crippen LogP contribution in [0.4, 0.5) is 0 Å². The van der Waals surface area contributed by atoms with Crippen molar-refractivity contribution in [1.82, 2.24) is 0 Å². The monoisotopic (exact) mass is 310 g/mol. The highest BCUT2D eigenvalue weighted by Gasteiger charge is 2.17. The molecule has 0 aromatic heterocycles. The van der Waals surface area contributed by atoms with Crippen molar-refractivity contribution in [2.75, 3.05) is 0 Å². The van der Waals surface area contributed by atoms with E-state index in [0.29, 0.717) is 15.9 Å². The standard InChI is InChI=1S/C15H22O3SSi/c1-11-8-9-13(7-6-10-19(16,17)18)14(12(11)2)20-15(3,4)5/h6,8-10H,7H2,1-5H3,(H,16,17,18). The van der Waals surface area contributed by atoms with Crippen molar-refractivity contribution in [2.45, 2.75) is 46.1 Å². The van der Waals surface area contributed by atoms with Gasteiger partial charge in [-0.05, 0) is 42.0 Å². The van der Waals surface area contributed by atoms with Gasteiger partial charge in [0.2, 0.25) is 0 Å². The molecule has 0 unspecified atom stereocenters. The molecule has 0 amide bonds. The normalized spacial score (nSPS) is 13.1. The maximum Gasteiger partial charge on any atom is 0.287 e. The van der Waals surface area contributed by atoms with Crippen LogP contribution >= 0.6 is 0 Å². The lowest BCUT2D eigenvalue weighted by Gasteiger charge is -2.22. The molecule has 0 bridgehead atoms. The highest BCUT2D eigenvalue weighted by molar-refractivity contribution is 7.88. The molecule has 1 aromatic carbocycles. The Morgan fingerprint density at radius 3 is 2.35 bits per heavy atom. The lowest BCUT2D eigenvalue weighted by atomic mass is 10.0. The van der Waals surface area contributed by atoms with Gasteiger partial charge < -0.3 is 0 Å². The average molecular weight is 310 g/mol. The molecule has 1 rings (SSSR count). The van der Waals surface area contributed by atoms with E-state index in [9.17, 15) is 8.42 Å². The molecular formula is C15H22O3SSi. The Labute approximate surface area is 124 Å². The average Bonchev–Trinajstić information content (AvgIpc) is 2.25. The molecular weight excluding hydrogens is 288 g/mol. The zero-order valence-corrected chi connectivity index (χ0v) is 14.5. The molecule has 0 heterocycles. The predicted molar refractivity (Wildman–Crippen MR) is 85.4 cm³/mol. The van der Waals surface area contributed by atoms with E-state index >= 15 is 0 Å². The molecule has 2 radical (unpaired) electrons. The zero-order chi connectivity index (χ0) is 15.6. The van der Waals surface area contributed by atoms with Crippen LogP contribution in [0.5, 0.6) is 0 Å². The summed E-state index contributed by atoms with van der Waals surface area (Å²) in [7, 11) is -3.38. The van der Waals surface area contributed by atoms with Crippen LogP contribution in [0, 0.1) is 13.8 Å². The quantitative estimate of drug-likeness (QED) is 0.687. The number of allylic oxidation sites excluding steroid dienone is 1. The van der Waals surface area contributed by atoms with Crippen molar-refractivity contribution in [3.8, 4) is 0 Å². The van der Waals surface area contributed by atoms with Gasteiger partial charge in [0.15, 0.2) is 0 Å². The van der Waals surface area contributed by atoms with Crippen LogP contribution in [0.3, 0.4) is 0 Å². The van der Waals surface area contributed by atoms with Crippen LogP contribution < -0.4 is 5.19 Å². The molecule has 0 saturated heterocycles.